The van der Waals surface area contributed by atoms with Crippen molar-refractivity contribution in [3.8, 4) is 0 Å². The molecule has 0 aliphatic carbocycles. The van der Waals surface area contributed by atoms with E-state index in [1.54, 1.807) is 18.2 Å². The summed E-state index contributed by atoms with van der Waals surface area (Å²) in [5.74, 6) is -1.90. The number of rotatable bonds is 6. The first-order valence-corrected chi connectivity index (χ1v) is 6.68. The van der Waals surface area contributed by atoms with Crippen LogP contribution >= 0.6 is 0 Å². The predicted octanol–water partition coefficient (Wildman–Crippen LogP) is -1.09. The summed E-state index contributed by atoms with van der Waals surface area (Å²) in [6.45, 7) is -0.792. The maximum Gasteiger partial charge on any atom is 0.334 e. The van der Waals surface area contributed by atoms with Crippen LogP contribution in [0.3, 0.4) is 0 Å². The van der Waals surface area contributed by atoms with E-state index in [9.17, 15) is 19.2 Å². The fraction of sp³-hybridized carbons (Fsp3) is 0.286. The summed E-state index contributed by atoms with van der Waals surface area (Å²) in [5.41, 5.74) is -0.934. The molecule has 2 rings (SSSR count). The van der Waals surface area contributed by atoms with E-state index >= 15 is 0 Å². The van der Waals surface area contributed by atoms with Crippen LogP contribution < -0.4 is 16.6 Å². The van der Waals surface area contributed by atoms with Gasteiger partial charge in [-0.05, 0) is 12.1 Å². The van der Waals surface area contributed by atoms with Crippen molar-refractivity contribution >= 4 is 22.8 Å². The molecule has 1 aromatic carbocycles. The van der Waals surface area contributed by atoms with Gasteiger partial charge in [-0.1, -0.05) is 12.1 Å². The molecule has 1 aromatic heterocycles. The van der Waals surface area contributed by atoms with Crippen molar-refractivity contribution in [1.29, 1.82) is 0 Å². The Labute approximate surface area is 129 Å². The van der Waals surface area contributed by atoms with Crippen LogP contribution in [0.5, 0.6) is 0 Å². The molecule has 0 saturated carbocycles. The fourth-order valence-corrected chi connectivity index (χ4v) is 2.02. The number of benzene rings is 1. The maximum absolute atomic E-state index is 12.2. The van der Waals surface area contributed by atoms with Gasteiger partial charge in [-0.3, -0.25) is 14.2 Å². The van der Waals surface area contributed by atoms with E-state index in [1.807, 2.05) is 0 Å². The number of carbonyl (C=O) groups is 2. The van der Waals surface area contributed by atoms with Crippen LogP contribution in [0.2, 0.25) is 0 Å². The predicted molar refractivity (Wildman–Crippen MR) is 80.3 cm³/mol. The van der Waals surface area contributed by atoms with Gasteiger partial charge in [0, 0.05) is 7.11 Å². The van der Waals surface area contributed by atoms with Gasteiger partial charge in [0.15, 0.2) is 6.10 Å². The number of nitrogens with one attached hydrogen (secondary N) is 2. The highest BCUT2D eigenvalue weighted by atomic mass is 16.5. The van der Waals surface area contributed by atoms with E-state index in [0.717, 1.165) is 4.57 Å². The molecule has 9 heteroatoms. The number of amides is 1. The summed E-state index contributed by atoms with van der Waals surface area (Å²) in [6, 6.07) is 6.43. The fourth-order valence-electron chi connectivity index (χ4n) is 2.02. The molecule has 0 radical (unpaired) electrons. The Bertz CT molecular complexity index is 853. The van der Waals surface area contributed by atoms with Crippen LogP contribution in [0.1, 0.15) is 0 Å². The summed E-state index contributed by atoms with van der Waals surface area (Å²) >= 11 is 0. The number of carbonyl (C=O) groups excluding carboxylic acids is 1. The number of hydrogen-bond donors (Lipinski definition) is 3. The van der Waals surface area contributed by atoms with Gasteiger partial charge in [-0.25, -0.2) is 9.59 Å². The average Bonchev–Trinajstić information content (AvgIpc) is 2.51. The van der Waals surface area contributed by atoms with E-state index in [-0.39, 0.29) is 11.9 Å². The van der Waals surface area contributed by atoms with Gasteiger partial charge < -0.3 is 20.1 Å². The second-order valence-electron chi connectivity index (χ2n) is 4.73. The molecule has 0 aliphatic heterocycles. The summed E-state index contributed by atoms with van der Waals surface area (Å²) in [6.07, 6.45) is -1.20. The van der Waals surface area contributed by atoms with Crippen LogP contribution in [0.4, 0.5) is 0 Å². The largest absolute Gasteiger partial charge is 0.479 e. The molecule has 0 bridgehead atoms. The molecule has 2 aromatic rings. The third-order valence-corrected chi connectivity index (χ3v) is 3.24. The summed E-state index contributed by atoms with van der Waals surface area (Å²) < 4.78 is 5.42. The van der Waals surface area contributed by atoms with Crippen molar-refractivity contribution in [2.45, 2.75) is 12.6 Å². The van der Waals surface area contributed by atoms with Crippen LogP contribution in [0, 0.1) is 0 Å². The van der Waals surface area contributed by atoms with Gasteiger partial charge in [0.2, 0.25) is 5.91 Å². The third kappa shape index (κ3) is 3.64. The molecule has 0 aliphatic rings. The molecule has 23 heavy (non-hydrogen) atoms. The van der Waals surface area contributed by atoms with Crippen LogP contribution in [-0.4, -0.2) is 46.3 Å². The zero-order chi connectivity index (χ0) is 17.0. The van der Waals surface area contributed by atoms with Gasteiger partial charge in [-0.15, -0.1) is 0 Å². The molecule has 1 atom stereocenters. The van der Waals surface area contributed by atoms with Gasteiger partial charge in [0.25, 0.3) is 5.56 Å². The molecular weight excluding hydrogens is 306 g/mol. The van der Waals surface area contributed by atoms with Crippen molar-refractivity contribution in [2.75, 3.05) is 13.7 Å². The Kier molecular flexibility index (Phi) is 4.91. The molecule has 3 N–H and O–H groups in total. The quantitative estimate of drug-likeness (QED) is 0.619. The number of fused-ring (bicyclic) bond motifs is 1. The second kappa shape index (κ2) is 6.88. The van der Waals surface area contributed by atoms with Crippen LogP contribution in [0.15, 0.2) is 33.9 Å². The van der Waals surface area contributed by atoms with Crippen molar-refractivity contribution in [2.24, 2.45) is 0 Å². The van der Waals surface area contributed by atoms with Gasteiger partial charge in [-0.2, -0.15) is 0 Å². The van der Waals surface area contributed by atoms with Crippen LogP contribution in [0.25, 0.3) is 10.9 Å². The number of hydrogen-bond acceptors (Lipinski definition) is 5. The third-order valence-electron chi connectivity index (χ3n) is 3.24. The van der Waals surface area contributed by atoms with E-state index in [4.69, 9.17) is 5.11 Å². The molecule has 122 valence electrons. The minimum absolute atomic E-state index is 0.273. The number of nitrogens with zero attached hydrogens (tertiary/aromatic N) is 1. The number of carboxylic acid groups (broad SMARTS) is 1. The Morgan fingerprint density at radius 2 is 2.04 bits per heavy atom. The number of carboxylic acids is 1. The van der Waals surface area contributed by atoms with Gasteiger partial charge in [0.05, 0.1) is 17.4 Å². The van der Waals surface area contributed by atoms with E-state index < -0.39 is 35.8 Å². The highest BCUT2D eigenvalue weighted by Crippen LogP contribution is 2.02. The lowest BCUT2D eigenvalue weighted by atomic mass is 10.2. The number of aromatic nitrogens is 2. The number of methoxy groups -OCH3 is 1. The van der Waals surface area contributed by atoms with Crippen molar-refractivity contribution < 1.29 is 19.4 Å². The van der Waals surface area contributed by atoms with Crippen molar-refractivity contribution in [3.05, 3.63) is 45.1 Å². The summed E-state index contributed by atoms with van der Waals surface area (Å²) in [7, 11) is 1.20. The lowest BCUT2D eigenvalue weighted by Crippen LogP contribution is -2.43. The molecule has 0 spiro atoms. The van der Waals surface area contributed by atoms with Crippen molar-refractivity contribution in [3.63, 3.8) is 0 Å². The summed E-state index contributed by atoms with van der Waals surface area (Å²) in [4.78, 5) is 49.2. The first-order chi connectivity index (χ1) is 10.9. The minimum Gasteiger partial charge on any atom is -0.479 e. The lowest BCUT2D eigenvalue weighted by molar-refractivity contribution is -0.148. The minimum atomic E-state index is -1.23. The standard InChI is InChI=1S/C14H15N3O6/c1-23-10(13(20)21)6-15-11(18)7-17-12(19)8-4-2-3-5-9(8)16-14(17)22/h2-5,10H,6-7H2,1H3,(H,15,18)(H,16,22)(H,20,21). The molecule has 1 amide bonds. The first-order valence-electron chi connectivity index (χ1n) is 6.68. The maximum atomic E-state index is 12.2. The van der Waals surface area contributed by atoms with E-state index in [2.05, 4.69) is 15.0 Å². The number of para-hydroxylation sites is 1. The monoisotopic (exact) mass is 321 g/mol. The molecule has 1 heterocycles. The molecule has 1 unspecified atom stereocenters. The number of aromatic amines is 1. The van der Waals surface area contributed by atoms with E-state index in [1.165, 1.54) is 13.2 Å². The highest BCUT2D eigenvalue weighted by Gasteiger charge is 2.18. The van der Waals surface area contributed by atoms with E-state index in [0.29, 0.717) is 5.52 Å². The molecule has 0 fully saturated rings. The molecule has 9 nitrogen and oxygen atoms in total. The number of aliphatic carboxylic acids is 1. The van der Waals surface area contributed by atoms with Gasteiger partial charge in [0.1, 0.15) is 6.54 Å². The normalized spacial score (nSPS) is 12.0. The molecular formula is C14H15N3O6. The highest BCUT2D eigenvalue weighted by molar-refractivity contribution is 5.79. The van der Waals surface area contributed by atoms with Crippen LogP contribution in [-0.2, 0) is 20.9 Å². The Balaban J connectivity index is 2.19. The Morgan fingerprint density at radius 1 is 1.35 bits per heavy atom. The zero-order valence-corrected chi connectivity index (χ0v) is 12.2. The summed E-state index contributed by atoms with van der Waals surface area (Å²) in [5, 5.41) is 11.4. The SMILES string of the molecule is COC(CNC(=O)Cn1c(=O)[nH]c2ccccc2c1=O)C(=O)O. The zero-order valence-electron chi connectivity index (χ0n) is 12.2. The van der Waals surface area contributed by atoms with Gasteiger partial charge >= 0.3 is 11.7 Å². The lowest BCUT2D eigenvalue weighted by Gasteiger charge is -2.12. The Hall–Kier alpha value is -2.94. The second-order valence-corrected chi connectivity index (χ2v) is 4.73. The first kappa shape index (κ1) is 16.4. The number of H-pyrrole nitrogens is 1. The smallest absolute Gasteiger partial charge is 0.334 e. The topological polar surface area (TPSA) is 130 Å². The number of ether oxygens (including phenoxy) is 1. The molecule has 0 saturated heterocycles. The Morgan fingerprint density at radius 3 is 2.70 bits per heavy atom. The average molecular weight is 321 g/mol. The van der Waals surface area contributed by atoms with Crippen molar-refractivity contribution in [1.82, 2.24) is 14.9 Å².